The van der Waals surface area contributed by atoms with Crippen LogP contribution >= 0.6 is 0 Å². The molecule has 1 aliphatic rings. The van der Waals surface area contributed by atoms with Crippen molar-refractivity contribution < 1.29 is 9.53 Å². The molecule has 0 saturated heterocycles. The van der Waals surface area contributed by atoms with E-state index in [1.54, 1.807) is 35.9 Å². The van der Waals surface area contributed by atoms with Crippen molar-refractivity contribution in [2.75, 3.05) is 7.11 Å². The van der Waals surface area contributed by atoms with Crippen molar-refractivity contribution in [2.45, 2.75) is 18.9 Å². The van der Waals surface area contributed by atoms with E-state index in [-0.39, 0.29) is 11.3 Å². The van der Waals surface area contributed by atoms with Gasteiger partial charge in [0.25, 0.3) is 5.56 Å². The molecule has 1 aromatic heterocycles. The van der Waals surface area contributed by atoms with Gasteiger partial charge in [0.2, 0.25) is 0 Å². The normalized spacial score (nSPS) is 16.1. The quantitative estimate of drug-likeness (QED) is 0.696. The van der Waals surface area contributed by atoms with Crippen LogP contribution in [-0.2, 0) is 6.54 Å². The van der Waals surface area contributed by atoms with Crippen LogP contribution in [0.25, 0.3) is 10.9 Å². The summed E-state index contributed by atoms with van der Waals surface area (Å²) in [6.45, 7) is 0.511. The van der Waals surface area contributed by atoms with Crippen LogP contribution in [0.5, 0.6) is 5.75 Å². The third kappa shape index (κ3) is 2.12. The highest BCUT2D eigenvalue weighted by atomic mass is 16.5. The summed E-state index contributed by atoms with van der Waals surface area (Å²) >= 11 is 0. The lowest BCUT2D eigenvalue weighted by Crippen LogP contribution is -2.22. The minimum Gasteiger partial charge on any atom is -0.496 e. The van der Waals surface area contributed by atoms with Crippen molar-refractivity contribution in [3.63, 3.8) is 0 Å². The van der Waals surface area contributed by atoms with E-state index in [0.717, 1.165) is 0 Å². The van der Waals surface area contributed by atoms with E-state index in [1.807, 2.05) is 24.3 Å². The van der Waals surface area contributed by atoms with Gasteiger partial charge in [0, 0.05) is 6.54 Å². The molecule has 5 nitrogen and oxygen atoms in total. The van der Waals surface area contributed by atoms with Crippen molar-refractivity contribution in [1.29, 1.82) is 0 Å². The summed E-state index contributed by atoms with van der Waals surface area (Å²) < 4.78 is 6.92. The molecule has 0 bridgehead atoms. The van der Waals surface area contributed by atoms with Gasteiger partial charge in [0.15, 0.2) is 5.78 Å². The topological polar surface area (TPSA) is 61.2 Å². The Morgan fingerprint density at radius 1 is 1.17 bits per heavy atom. The van der Waals surface area contributed by atoms with Gasteiger partial charge in [-0.15, -0.1) is 0 Å². The summed E-state index contributed by atoms with van der Waals surface area (Å²) in [5, 5.41) is 0.589. The first-order chi connectivity index (χ1) is 11.7. The Balaban J connectivity index is 1.84. The van der Waals surface area contributed by atoms with Crippen molar-refractivity contribution in [1.82, 2.24) is 9.55 Å². The average molecular weight is 320 g/mol. The number of fused-ring (bicyclic) bond motifs is 2. The second-order valence-electron chi connectivity index (χ2n) is 5.85. The average Bonchev–Trinajstić information content (AvgIpc) is 3.05. The number of ether oxygens (including phenoxy) is 1. The number of ketones is 1. The molecule has 0 spiro atoms. The first-order valence-corrected chi connectivity index (χ1v) is 7.87. The number of Topliss-reactive ketones (excluding diaryl/α,β-unsaturated/α-hetero) is 1. The van der Waals surface area contributed by atoms with Crippen LogP contribution < -0.4 is 10.3 Å². The van der Waals surface area contributed by atoms with Gasteiger partial charge in [0.1, 0.15) is 11.6 Å². The van der Waals surface area contributed by atoms with E-state index in [2.05, 4.69) is 4.98 Å². The Morgan fingerprint density at radius 3 is 2.75 bits per heavy atom. The Bertz CT molecular complexity index is 1010. The zero-order valence-electron chi connectivity index (χ0n) is 13.2. The number of hydrogen-bond acceptors (Lipinski definition) is 4. The monoisotopic (exact) mass is 320 g/mol. The SMILES string of the molecule is COc1ccccc1C(=O)C1CCn2c1nc1ccccc1c2=O. The molecule has 5 heteroatoms. The number of methoxy groups -OCH3 is 1. The second-order valence-corrected chi connectivity index (χ2v) is 5.85. The van der Waals surface area contributed by atoms with Crippen LogP contribution in [0, 0.1) is 0 Å². The van der Waals surface area contributed by atoms with Gasteiger partial charge in [-0.25, -0.2) is 4.98 Å². The van der Waals surface area contributed by atoms with Crippen LogP contribution in [0.3, 0.4) is 0 Å². The van der Waals surface area contributed by atoms with Gasteiger partial charge in [-0.3, -0.25) is 14.2 Å². The van der Waals surface area contributed by atoms with Gasteiger partial charge in [-0.1, -0.05) is 24.3 Å². The molecule has 0 amide bonds. The highest BCUT2D eigenvalue weighted by Gasteiger charge is 2.33. The molecule has 0 fully saturated rings. The molecule has 4 rings (SSSR count). The van der Waals surface area contributed by atoms with Crippen LogP contribution in [0.15, 0.2) is 53.3 Å². The predicted octanol–water partition coefficient (Wildman–Crippen LogP) is 2.78. The number of benzene rings is 2. The number of para-hydroxylation sites is 2. The van der Waals surface area contributed by atoms with Gasteiger partial charge < -0.3 is 4.74 Å². The van der Waals surface area contributed by atoms with E-state index in [1.165, 1.54) is 0 Å². The highest BCUT2D eigenvalue weighted by Crippen LogP contribution is 2.32. The Hall–Kier alpha value is -2.95. The van der Waals surface area contributed by atoms with Crippen LogP contribution in [0.1, 0.15) is 28.5 Å². The molecule has 1 aliphatic heterocycles. The molecule has 1 atom stereocenters. The number of nitrogens with zero attached hydrogens (tertiary/aromatic N) is 2. The number of carbonyl (C=O) groups excluding carboxylic acids is 1. The molecule has 2 aromatic carbocycles. The summed E-state index contributed by atoms with van der Waals surface area (Å²) in [4.78, 5) is 30.2. The van der Waals surface area contributed by atoms with Gasteiger partial charge in [-0.2, -0.15) is 0 Å². The molecule has 0 aliphatic carbocycles. The fourth-order valence-corrected chi connectivity index (χ4v) is 3.34. The van der Waals surface area contributed by atoms with Crippen molar-refractivity contribution in [3.8, 4) is 5.75 Å². The molecule has 120 valence electrons. The molecule has 3 aromatic rings. The lowest BCUT2D eigenvalue weighted by atomic mass is 9.95. The van der Waals surface area contributed by atoms with Crippen molar-refractivity contribution in [3.05, 3.63) is 70.3 Å². The van der Waals surface area contributed by atoms with E-state index < -0.39 is 5.92 Å². The Kier molecular flexibility index (Phi) is 3.41. The number of carbonyl (C=O) groups is 1. The number of hydrogen-bond donors (Lipinski definition) is 0. The fourth-order valence-electron chi connectivity index (χ4n) is 3.34. The summed E-state index contributed by atoms with van der Waals surface area (Å²) in [6, 6.07) is 14.4. The fraction of sp³-hybridized carbons (Fsp3) is 0.211. The first-order valence-electron chi connectivity index (χ1n) is 7.87. The van der Waals surface area contributed by atoms with Gasteiger partial charge >= 0.3 is 0 Å². The maximum atomic E-state index is 13.0. The molecular weight excluding hydrogens is 304 g/mol. The van der Waals surface area contributed by atoms with E-state index in [0.29, 0.717) is 41.0 Å². The van der Waals surface area contributed by atoms with Crippen LogP contribution in [-0.4, -0.2) is 22.4 Å². The maximum absolute atomic E-state index is 13.0. The van der Waals surface area contributed by atoms with Crippen LogP contribution in [0.2, 0.25) is 0 Å². The van der Waals surface area contributed by atoms with E-state index in [9.17, 15) is 9.59 Å². The zero-order valence-corrected chi connectivity index (χ0v) is 13.2. The smallest absolute Gasteiger partial charge is 0.261 e. The third-order valence-corrected chi connectivity index (χ3v) is 4.53. The zero-order chi connectivity index (χ0) is 16.7. The second kappa shape index (κ2) is 5.60. The summed E-state index contributed by atoms with van der Waals surface area (Å²) in [5.74, 6) is 0.623. The lowest BCUT2D eigenvalue weighted by Gasteiger charge is -2.12. The van der Waals surface area contributed by atoms with E-state index >= 15 is 0 Å². The number of aromatic nitrogens is 2. The predicted molar refractivity (Wildman–Crippen MR) is 90.7 cm³/mol. The summed E-state index contributed by atoms with van der Waals surface area (Å²) in [5.41, 5.74) is 1.08. The lowest BCUT2D eigenvalue weighted by molar-refractivity contribution is 0.0955. The number of rotatable bonds is 3. The van der Waals surface area contributed by atoms with E-state index in [4.69, 9.17) is 4.74 Å². The first kappa shape index (κ1) is 14.6. The maximum Gasteiger partial charge on any atom is 0.261 e. The molecule has 2 heterocycles. The largest absolute Gasteiger partial charge is 0.496 e. The minimum atomic E-state index is -0.418. The molecular formula is C19H16N2O3. The minimum absolute atomic E-state index is 0.0547. The highest BCUT2D eigenvalue weighted by molar-refractivity contribution is 6.03. The van der Waals surface area contributed by atoms with Gasteiger partial charge in [0.05, 0.1) is 29.5 Å². The van der Waals surface area contributed by atoms with Gasteiger partial charge in [-0.05, 0) is 30.7 Å². The Labute approximate surface area is 138 Å². The van der Waals surface area contributed by atoms with Crippen LogP contribution in [0.4, 0.5) is 0 Å². The molecule has 1 unspecified atom stereocenters. The van der Waals surface area contributed by atoms with Crippen molar-refractivity contribution in [2.24, 2.45) is 0 Å². The summed E-state index contributed by atoms with van der Waals surface area (Å²) in [7, 11) is 1.55. The van der Waals surface area contributed by atoms with Crippen molar-refractivity contribution >= 4 is 16.7 Å². The Morgan fingerprint density at radius 2 is 1.92 bits per heavy atom. The summed E-state index contributed by atoms with van der Waals surface area (Å²) in [6.07, 6.45) is 0.579. The standard InChI is InChI=1S/C19H16N2O3/c1-24-16-9-5-3-7-13(16)17(22)14-10-11-21-18(14)20-15-8-4-2-6-12(15)19(21)23/h2-9,14H,10-11H2,1H3. The molecule has 0 N–H and O–H groups in total. The molecule has 0 saturated carbocycles. The molecule has 0 radical (unpaired) electrons. The third-order valence-electron chi connectivity index (χ3n) is 4.53. The molecule has 24 heavy (non-hydrogen) atoms.